The zero-order valence-electron chi connectivity index (χ0n) is 20.3. The summed E-state index contributed by atoms with van der Waals surface area (Å²) in [4.78, 5) is 4.23. The number of furan rings is 1. The molecule has 1 saturated heterocycles. The summed E-state index contributed by atoms with van der Waals surface area (Å²) in [5, 5.41) is 12.5. The number of hydrogen-bond acceptors (Lipinski definition) is 7. The van der Waals surface area contributed by atoms with Crippen LogP contribution in [0.3, 0.4) is 0 Å². The number of benzene rings is 2. The van der Waals surface area contributed by atoms with E-state index in [0.717, 1.165) is 23.1 Å². The number of anilines is 1. The predicted octanol–water partition coefficient (Wildman–Crippen LogP) is 4.64. The van der Waals surface area contributed by atoms with Gasteiger partial charge in [-0.2, -0.15) is 13.2 Å². The molecular formula is C26H27F3N6O2. The van der Waals surface area contributed by atoms with E-state index in [9.17, 15) is 13.2 Å². The van der Waals surface area contributed by atoms with Gasteiger partial charge in [-0.25, -0.2) is 4.68 Å². The van der Waals surface area contributed by atoms with Gasteiger partial charge in [0, 0.05) is 31.9 Å². The fourth-order valence-electron chi connectivity index (χ4n) is 4.62. The van der Waals surface area contributed by atoms with E-state index >= 15 is 0 Å². The predicted molar refractivity (Wildman–Crippen MR) is 130 cm³/mol. The molecule has 1 unspecified atom stereocenters. The third-order valence-corrected chi connectivity index (χ3v) is 6.41. The molecule has 0 spiro atoms. The lowest BCUT2D eigenvalue weighted by molar-refractivity contribution is -0.137. The summed E-state index contributed by atoms with van der Waals surface area (Å²) in [5.41, 5.74) is 0.915. The summed E-state index contributed by atoms with van der Waals surface area (Å²) in [6.07, 6.45) is -2.77. The first-order chi connectivity index (χ1) is 17.9. The van der Waals surface area contributed by atoms with Gasteiger partial charge in [-0.1, -0.05) is 18.2 Å². The van der Waals surface area contributed by atoms with E-state index in [2.05, 4.69) is 20.4 Å². The first-order valence-electron chi connectivity index (χ1n) is 12.1. The molecule has 0 amide bonds. The number of tetrazole rings is 1. The van der Waals surface area contributed by atoms with Crippen molar-refractivity contribution in [2.24, 2.45) is 0 Å². The van der Waals surface area contributed by atoms with Crippen LogP contribution in [-0.4, -0.2) is 57.9 Å². The quantitative estimate of drug-likeness (QED) is 0.341. The Morgan fingerprint density at radius 2 is 1.78 bits per heavy atom. The molecule has 3 heterocycles. The Bertz CT molecular complexity index is 1280. The van der Waals surface area contributed by atoms with Crippen LogP contribution in [0.2, 0.25) is 0 Å². The first kappa shape index (κ1) is 24.8. The number of hydrogen-bond donors (Lipinski definition) is 0. The van der Waals surface area contributed by atoms with Crippen LogP contribution in [0.1, 0.15) is 35.7 Å². The van der Waals surface area contributed by atoms with E-state index in [0.29, 0.717) is 50.8 Å². The van der Waals surface area contributed by atoms with Crippen molar-refractivity contribution in [2.75, 3.05) is 37.7 Å². The summed E-state index contributed by atoms with van der Waals surface area (Å²) in [7, 11) is 0. The maximum absolute atomic E-state index is 13.2. The molecular weight excluding hydrogens is 485 g/mol. The van der Waals surface area contributed by atoms with E-state index in [-0.39, 0.29) is 6.04 Å². The van der Waals surface area contributed by atoms with Gasteiger partial charge in [-0.05, 0) is 65.4 Å². The molecule has 1 atom stereocenters. The van der Waals surface area contributed by atoms with Crippen LogP contribution in [0.5, 0.6) is 5.75 Å². The van der Waals surface area contributed by atoms with Crippen LogP contribution < -0.4 is 9.64 Å². The lowest BCUT2D eigenvalue weighted by Crippen LogP contribution is -2.48. The van der Waals surface area contributed by atoms with Gasteiger partial charge in [0.1, 0.15) is 18.1 Å². The topological polar surface area (TPSA) is 72.4 Å². The van der Waals surface area contributed by atoms with Crippen molar-refractivity contribution in [3.8, 4) is 5.75 Å². The number of aromatic nitrogens is 4. The maximum Gasteiger partial charge on any atom is 0.416 e. The molecule has 0 bridgehead atoms. The molecule has 8 nitrogen and oxygen atoms in total. The molecule has 1 aliphatic rings. The van der Waals surface area contributed by atoms with Crippen molar-refractivity contribution < 1.29 is 22.3 Å². The smallest absolute Gasteiger partial charge is 0.416 e. The fraction of sp³-hybridized carbons (Fsp3) is 0.346. The lowest BCUT2D eigenvalue weighted by atomic mass is 10.0. The van der Waals surface area contributed by atoms with Crippen LogP contribution in [0.15, 0.2) is 71.3 Å². The number of piperazine rings is 1. The van der Waals surface area contributed by atoms with Crippen molar-refractivity contribution >= 4 is 5.69 Å². The number of nitrogens with zero attached hydrogens (tertiary/aromatic N) is 6. The van der Waals surface area contributed by atoms with Gasteiger partial charge in [0.15, 0.2) is 5.82 Å². The first-order valence-corrected chi connectivity index (χ1v) is 12.1. The molecule has 2 aromatic heterocycles. The second-order valence-corrected chi connectivity index (χ2v) is 8.75. The van der Waals surface area contributed by atoms with Crippen LogP contribution in [-0.2, 0) is 12.7 Å². The molecule has 0 saturated carbocycles. The lowest BCUT2D eigenvalue weighted by Gasteiger charge is -2.40. The van der Waals surface area contributed by atoms with Gasteiger partial charge in [0.25, 0.3) is 0 Å². The molecule has 4 aromatic rings. The van der Waals surface area contributed by atoms with E-state index in [4.69, 9.17) is 9.15 Å². The van der Waals surface area contributed by atoms with Crippen molar-refractivity contribution in [2.45, 2.75) is 25.7 Å². The van der Waals surface area contributed by atoms with E-state index in [1.807, 2.05) is 48.2 Å². The number of alkyl halides is 3. The average molecular weight is 513 g/mol. The van der Waals surface area contributed by atoms with Gasteiger partial charge >= 0.3 is 6.18 Å². The molecule has 1 aliphatic heterocycles. The highest BCUT2D eigenvalue weighted by Gasteiger charge is 2.33. The molecule has 194 valence electrons. The second-order valence-electron chi connectivity index (χ2n) is 8.75. The maximum atomic E-state index is 13.2. The van der Waals surface area contributed by atoms with Crippen LogP contribution in [0.25, 0.3) is 0 Å². The summed E-state index contributed by atoms with van der Waals surface area (Å²) in [6, 6.07) is 16.8. The van der Waals surface area contributed by atoms with Crippen LogP contribution in [0.4, 0.5) is 18.9 Å². The Balaban J connectivity index is 1.40. The fourth-order valence-corrected chi connectivity index (χ4v) is 4.62. The Morgan fingerprint density at radius 1 is 1.00 bits per heavy atom. The zero-order chi connectivity index (χ0) is 25.8. The highest BCUT2D eigenvalue weighted by Crippen LogP contribution is 2.33. The van der Waals surface area contributed by atoms with Crippen molar-refractivity contribution in [1.82, 2.24) is 25.1 Å². The average Bonchev–Trinajstić information content (AvgIpc) is 3.58. The van der Waals surface area contributed by atoms with E-state index in [1.54, 1.807) is 17.0 Å². The zero-order valence-corrected chi connectivity index (χ0v) is 20.3. The minimum Gasteiger partial charge on any atom is -0.494 e. The normalized spacial score (nSPS) is 15.6. The summed E-state index contributed by atoms with van der Waals surface area (Å²) >= 11 is 0. The monoisotopic (exact) mass is 512 g/mol. The summed E-state index contributed by atoms with van der Waals surface area (Å²) in [5.74, 6) is 2.16. The van der Waals surface area contributed by atoms with Gasteiger partial charge in [-0.3, -0.25) is 4.90 Å². The molecule has 0 aliphatic carbocycles. The number of rotatable bonds is 8. The van der Waals surface area contributed by atoms with E-state index in [1.165, 1.54) is 12.1 Å². The van der Waals surface area contributed by atoms with E-state index < -0.39 is 11.7 Å². The van der Waals surface area contributed by atoms with Crippen molar-refractivity contribution in [1.29, 1.82) is 0 Å². The Kier molecular flexibility index (Phi) is 7.13. The highest BCUT2D eigenvalue weighted by atomic mass is 19.4. The Hall–Kier alpha value is -3.86. The Labute approximate surface area is 212 Å². The van der Waals surface area contributed by atoms with Gasteiger partial charge in [-0.15, -0.1) is 5.10 Å². The van der Waals surface area contributed by atoms with Crippen LogP contribution in [0, 0.1) is 0 Å². The summed E-state index contributed by atoms with van der Waals surface area (Å²) < 4.78 is 52.5. The molecule has 0 N–H and O–H groups in total. The molecule has 0 radical (unpaired) electrons. The molecule has 2 aromatic carbocycles. The standard InChI is InChI=1S/C26H27F3N6O2/c1-2-36-22-10-8-19(9-11-22)24(25-30-31-32-35(25)18-23-7-4-16-37-23)34-14-12-33(13-15-34)21-6-3-5-20(17-21)26(27,28)29/h3-11,16-17,24H,2,12-15,18H2,1H3. The second kappa shape index (κ2) is 10.6. The third kappa shape index (κ3) is 5.61. The third-order valence-electron chi connectivity index (χ3n) is 6.41. The number of ether oxygens (including phenoxy) is 1. The number of halogens is 3. The van der Waals surface area contributed by atoms with Gasteiger partial charge in [0.05, 0.1) is 24.5 Å². The van der Waals surface area contributed by atoms with Crippen molar-refractivity contribution in [3.63, 3.8) is 0 Å². The molecule has 1 fully saturated rings. The minimum absolute atomic E-state index is 0.260. The Morgan fingerprint density at radius 3 is 2.46 bits per heavy atom. The molecule has 5 rings (SSSR count). The largest absolute Gasteiger partial charge is 0.494 e. The minimum atomic E-state index is -4.37. The molecule has 37 heavy (non-hydrogen) atoms. The van der Waals surface area contributed by atoms with Gasteiger partial charge in [0.2, 0.25) is 0 Å². The SMILES string of the molecule is CCOc1ccc(C(c2nnnn2Cc2ccco2)N2CCN(c3cccc(C(F)(F)F)c3)CC2)cc1. The highest BCUT2D eigenvalue weighted by molar-refractivity contribution is 5.50. The van der Waals surface area contributed by atoms with Crippen molar-refractivity contribution in [3.05, 3.63) is 89.6 Å². The summed E-state index contributed by atoms with van der Waals surface area (Å²) in [6.45, 7) is 5.24. The van der Waals surface area contributed by atoms with Crippen LogP contribution >= 0.6 is 0 Å². The van der Waals surface area contributed by atoms with Gasteiger partial charge < -0.3 is 14.1 Å². The molecule has 11 heteroatoms.